The van der Waals surface area contributed by atoms with Crippen molar-refractivity contribution in [2.45, 2.75) is 25.5 Å². The molecule has 0 rings (SSSR count). The van der Waals surface area contributed by atoms with E-state index in [1.807, 2.05) is 0 Å². The van der Waals surface area contributed by atoms with Gasteiger partial charge in [0.2, 0.25) is 0 Å². The number of aliphatic carboxylic acids is 1. The van der Waals surface area contributed by atoms with Gasteiger partial charge in [0.1, 0.15) is 0 Å². The van der Waals surface area contributed by atoms with Crippen LogP contribution in [-0.4, -0.2) is 41.2 Å². The number of hydrogen-bond acceptors (Lipinski definition) is 3. The molecule has 2 amide bonds. The lowest BCUT2D eigenvalue weighted by Crippen LogP contribution is -2.37. The Morgan fingerprint density at radius 3 is 2.40 bits per heavy atom. The van der Waals surface area contributed by atoms with Gasteiger partial charge < -0.3 is 15.7 Å². The molecule has 6 heteroatoms. The molecule has 0 heterocycles. The number of thioether (sulfide) groups is 1. The smallest absolute Gasteiger partial charge is 0.314 e. The van der Waals surface area contributed by atoms with Crippen molar-refractivity contribution in [3.63, 3.8) is 0 Å². The van der Waals surface area contributed by atoms with Gasteiger partial charge in [0, 0.05) is 18.8 Å². The van der Waals surface area contributed by atoms with Gasteiger partial charge in [-0.05, 0) is 5.25 Å². The van der Waals surface area contributed by atoms with E-state index in [1.165, 1.54) is 0 Å². The lowest BCUT2D eigenvalue weighted by Gasteiger charge is -2.07. The molecular weight excluding hydrogens is 216 g/mol. The van der Waals surface area contributed by atoms with Gasteiger partial charge in [-0.1, -0.05) is 13.8 Å². The summed E-state index contributed by atoms with van der Waals surface area (Å²) in [5.74, 6) is -0.0463. The van der Waals surface area contributed by atoms with Gasteiger partial charge >= 0.3 is 12.0 Å². The molecule has 0 atom stereocenters. The van der Waals surface area contributed by atoms with Gasteiger partial charge in [-0.15, -0.1) is 0 Å². The number of carbonyl (C=O) groups excluding carboxylic acids is 1. The van der Waals surface area contributed by atoms with Crippen LogP contribution in [0.5, 0.6) is 0 Å². The summed E-state index contributed by atoms with van der Waals surface area (Å²) in [6.07, 6.45) is -0.0475. The molecule has 15 heavy (non-hydrogen) atoms. The van der Waals surface area contributed by atoms with Gasteiger partial charge in [0.25, 0.3) is 0 Å². The molecule has 0 radical (unpaired) electrons. The molecule has 0 aliphatic heterocycles. The second-order valence-electron chi connectivity index (χ2n) is 3.25. The van der Waals surface area contributed by atoms with E-state index in [2.05, 4.69) is 24.5 Å². The first-order chi connectivity index (χ1) is 7.02. The first-order valence-electron chi connectivity index (χ1n) is 4.87. The lowest BCUT2D eigenvalue weighted by atomic mass is 10.4. The summed E-state index contributed by atoms with van der Waals surface area (Å²) in [6.45, 7) is 4.95. The molecular formula is C9H18N2O3S. The maximum atomic E-state index is 11.0. The molecule has 88 valence electrons. The number of amides is 2. The van der Waals surface area contributed by atoms with Crippen LogP contribution in [0.25, 0.3) is 0 Å². The minimum absolute atomic E-state index is 0.0475. The van der Waals surface area contributed by atoms with Crippen LogP contribution < -0.4 is 10.6 Å². The molecule has 0 fully saturated rings. The average molecular weight is 234 g/mol. The van der Waals surface area contributed by atoms with E-state index < -0.39 is 5.97 Å². The van der Waals surface area contributed by atoms with E-state index in [-0.39, 0.29) is 19.0 Å². The predicted molar refractivity (Wildman–Crippen MR) is 61.2 cm³/mol. The first-order valence-corrected chi connectivity index (χ1v) is 5.92. The molecule has 0 saturated heterocycles. The number of carboxylic acid groups (broad SMARTS) is 1. The molecule has 0 spiro atoms. The second-order valence-corrected chi connectivity index (χ2v) is 4.93. The lowest BCUT2D eigenvalue weighted by molar-refractivity contribution is -0.136. The fourth-order valence-electron chi connectivity index (χ4n) is 0.805. The largest absolute Gasteiger partial charge is 0.481 e. The molecule has 0 bridgehead atoms. The van der Waals surface area contributed by atoms with Gasteiger partial charge in [-0.3, -0.25) is 4.79 Å². The zero-order valence-corrected chi connectivity index (χ0v) is 9.89. The maximum absolute atomic E-state index is 11.0. The van der Waals surface area contributed by atoms with E-state index in [0.717, 1.165) is 5.75 Å². The Morgan fingerprint density at radius 2 is 1.87 bits per heavy atom. The van der Waals surface area contributed by atoms with E-state index in [1.54, 1.807) is 11.8 Å². The van der Waals surface area contributed by atoms with Crippen molar-refractivity contribution in [2.24, 2.45) is 0 Å². The van der Waals surface area contributed by atoms with Crippen LogP contribution in [0, 0.1) is 0 Å². The molecule has 5 nitrogen and oxygen atoms in total. The van der Waals surface area contributed by atoms with E-state index >= 15 is 0 Å². The van der Waals surface area contributed by atoms with Crippen LogP contribution in [0.1, 0.15) is 20.3 Å². The minimum Gasteiger partial charge on any atom is -0.481 e. The van der Waals surface area contributed by atoms with Crippen molar-refractivity contribution in [3.8, 4) is 0 Å². The standard InChI is InChI=1S/C9H18N2O3S/c1-7(2)15-6-5-11-9(14)10-4-3-8(12)13/h7H,3-6H2,1-2H3,(H,12,13)(H2,10,11,14). The molecule has 3 N–H and O–H groups in total. The third-order valence-electron chi connectivity index (χ3n) is 1.46. The molecule has 0 aromatic heterocycles. The van der Waals surface area contributed by atoms with E-state index in [0.29, 0.717) is 11.8 Å². The van der Waals surface area contributed by atoms with Gasteiger partial charge in [0.15, 0.2) is 0 Å². The monoisotopic (exact) mass is 234 g/mol. The summed E-state index contributed by atoms with van der Waals surface area (Å²) in [6, 6.07) is -0.305. The van der Waals surface area contributed by atoms with Gasteiger partial charge in [0.05, 0.1) is 6.42 Å². The van der Waals surface area contributed by atoms with Crippen molar-refractivity contribution in [3.05, 3.63) is 0 Å². The number of carbonyl (C=O) groups is 2. The highest BCUT2D eigenvalue weighted by atomic mass is 32.2. The molecule has 0 saturated carbocycles. The Morgan fingerprint density at radius 1 is 1.27 bits per heavy atom. The van der Waals surface area contributed by atoms with Gasteiger partial charge in [-0.2, -0.15) is 11.8 Å². The van der Waals surface area contributed by atoms with Crippen LogP contribution in [0.3, 0.4) is 0 Å². The number of carboxylic acids is 1. The summed E-state index contributed by atoms with van der Waals surface area (Å²) in [4.78, 5) is 21.2. The normalized spacial score (nSPS) is 10.1. The van der Waals surface area contributed by atoms with Crippen LogP contribution >= 0.6 is 11.8 Å². The number of nitrogens with one attached hydrogen (secondary N) is 2. The summed E-state index contributed by atoms with van der Waals surface area (Å²) in [7, 11) is 0. The highest BCUT2D eigenvalue weighted by molar-refractivity contribution is 7.99. The average Bonchev–Trinajstić information content (AvgIpc) is 2.11. The SMILES string of the molecule is CC(C)SCCNC(=O)NCCC(=O)O. The molecule has 0 aromatic carbocycles. The Hall–Kier alpha value is -0.910. The fourth-order valence-corrected chi connectivity index (χ4v) is 1.50. The van der Waals surface area contributed by atoms with Crippen molar-refractivity contribution < 1.29 is 14.7 Å². The van der Waals surface area contributed by atoms with Crippen LogP contribution in [0.2, 0.25) is 0 Å². The number of hydrogen-bond donors (Lipinski definition) is 3. The Labute approximate surface area is 94.0 Å². The summed E-state index contributed by atoms with van der Waals surface area (Å²) < 4.78 is 0. The topological polar surface area (TPSA) is 78.4 Å². The van der Waals surface area contributed by atoms with Crippen LogP contribution in [-0.2, 0) is 4.79 Å². The maximum Gasteiger partial charge on any atom is 0.314 e. The van der Waals surface area contributed by atoms with Crippen molar-refractivity contribution >= 4 is 23.8 Å². The predicted octanol–water partition coefficient (Wildman–Crippen LogP) is 0.902. The van der Waals surface area contributed by atoms with Crippen LogP contribution in [0.15, 0.2) is 0 Å². The summed E-state index contributed by atoms with van der Waals surface area (Å²) in [5, 5.41) is 14.0. The molecule has 0 aliphatic rings. The Kier molecular flexibility index (Phi) is 7.89. The van der Waals surface area contributed by atoms with Crippen molar-refractivity contribution in [1.29, 1.82) is 0 Å². The third kappa shape index (κ3) is 11.0. The van der Waals surface area contributed by atoms with Gasteiger partial charge in [-0.25, -0.2) is 4.79 Å². The molecule has 0 aromatic rings. The second kappa shape index (κ2) is 8.40. The highest BCUT2D eigenvalue weighted by Gasteiger charge is 2.01. The quantitative estimate of drug-likeness (QED) is 0.572. The third-order valence-corrected chi connectivity index (χ3v) is 2.57. The van der Waals surface area contributed by atoms with E-state index in [9.17, 15) is 9.59 Å². The Balaban J connectivity index is 3.30. The zero-order chi connectivity index (χ0) is 11.7. The number of rotatable bonds is 7. The zero-order valence-electron chi connectivity index (χ0n) is 9.08. The fraction of sp³-hybridized carbons (Fsp3) is 0.778. The van der Waals surface area contributed by atoms with Crippen LogP contribution in [0.4, 0.5) is 4.79 Å². The van der Waals surface area contributed by atoms with Crippen molar-refractivity contribution in [1.82, 2.24) is 10.6 Å². The van der Waals surface area contributed by atoms with E-state index in [4.69, 9.17) is 5.11 Å². The minimum atomic E-state index is -0.911. The molecule has 0 unspecified atom stereocenters. The first kappa shape index (κ1) is 14.1. The summed E-state index contributed by atoms with van der Waals surface area (Å²) in [5.41, 5.74) is 0. The van der Waals surface area contributed by atoms with Crippen molar-refractivity contribution in [2.75, 3.05) is 18.8 Å². The Bertz CT molecular complexity index is 210. The highest BCUT2D eigenvalue weighted by Crippen LogP contribution is 2.06. The summed E-state index contributed by atoms with van der Waals surface area (Å²) >= 11 is 1.77. The molecule has 0 aliphatic carbocycles. The number of urea groups is 1.